The molecule has 0 radical (unpaired) electrons. The van der Waals surface area contributed by atoms with Crippen LogP contribution in [0.5, 0.6) is 0 Å². The number of rotatable bonds is 6. The second kappa shape index (κ2) is 7.87. The number of nitrogens with one attached hydrogen (secondary N) is 1. The topological polar surface area (TPSA) is 24.9 Å². The highest BCUT2D eigenvalue weighted by Crippen LogP contribution is 2.31. The first-order valence-electron chi connectivity index (χ1n) is 6.89. The Kier molecular flexibility index (Phi) is 6.15. The predicted molar refractivity (Wildman–Crippen MR) is 88.1 cm³/mol. The summed E-state index contributed by atoms with van der Waals surface area (Å²) in [7, 11) is 0. The van der Waals surface area contributed by atoms with E-state index in [1.165, 1.54) is 0 Å². The fraction of sp³-hybridized carbons (Fsp3) is 0.312. The van der Waals surface area contributed by atoms with Crippen molar-refractivity contribution in [1.82, 2.24) is 10.3 Å². The molecule has 0 saturated heterocycles. The average molecular weight is 372 g/mol. The average Bonchev–Trinajstić information content (AvgIpc) is 2.51. The summed E-state index contributed by atoms with van der Waals surface area (Å²) >= 11 is 9.25. The van der Waals surface area contributed by atoms with Crippen molar-refractivity contribution in [2.45, 2.75) is 25.8 Å². The van der Waals surface area contributed by atoms with Crippen molar-refractivity contribution >= 4 is 27.5 Å². The normalized spacial score (nSPS) is 12.4. The van der Waals surface area contributed by atoms with Crippen molar-refractivity contribution in [1.29, 1.82) is 0 Å². The maximum absolute atomic E-state index is 14.4. The molecule has 1 heterocycles. The number of halogens is 3. The van der Waals surface area contributed by atoms with Crippen LogP contribution in [-0.2, 0) is 6.42 Å². The van der Waals surface area contributed by atoms with Crippen LogP contribution in [-0.4, -0.2) is 11.5 Å². The van der Waals surface area contributed by atoms with E-state index in [0.717, 1.165) is 18.5 Å². The molecule has 0 aliphatic rings. The van der Waals surface area contributed by atoms with Gasteiger partial charge in [0.1, 0.15) is 5.82 Å². The van der Waals surface area contributed by atoms with Gasteiger partial charge in [0.15, 0.2) is 0 Å². The molecule has 2 rings (SSSR count). The van der Waals surface area contributed by atoms with Crippen molar-refractivity contribution in [2.24, 2.45) is 0 Å². The molecule has 0 aliphatic heterocycles. The van der Waals surface area contributed by atoms with Crippen LogP contribution in [0, 0.1) is 5.82 Å². The number of hydrogen-bond donors (Lipinski definition) is 1. The van der Waals surface area contributed by atoms with Crippen molar-refractivity contribution in [3.63, 3.8) is 0 Å². The number of aromatic nitrogens is 1. The molecule has 1 unspecified atom stereocenters. The fourth-order valence-electron chi connectivity index (χ4n) is 2.18. The number of nitrogens with zero attached hydrogens (tertiary/aromatic N) is 1. The summed E-state index contributed by atoms with van der Waals surface area (Å²) in [6, 6.07) is 7.34. The molecule has 0 spiro atoms. The maximum Gasteiger partial charge on any atom is 0.147 e. The first kappa shape index (κ1) is 16.4. The van der Waals surface area contributed by atoms with Crippen LogP contribution in [0.15, 0.2) is 41.1 Å². The molecule has 0 saturated carbocycles. The second-order valence-electron chi connectivity index (χ2n) is 4.83. The smallest absolute Gasteiger partial charge is 0.147 e. The zero-order chi connectivity index (χ0) is 15.2. The van der Waals surface area contributed by atoms with E-state index in [9.17, 15) is 4.39 Å². The monoisotopic (exact) mass is 370 g/mol. The maximum atomic E-state index is 14.4. The van der Waals surface area contributed by atoms with Gasteiger partial charge in [0.25, 0.3) is 0 Å². The molecule has 1 aromatic carbocycles. The quantitative estimate of drug-likeness (QED) is 0.729. The SMILES string of the molecule is CCCNC(Cc1ccncc1)c1ccc(Br)c(Cl)c1F. The number of hydrogen-bond acceptors (Lipinski definition) is 2. The molecule has 0 aliphatic carbocycles. The molecule has 2 aromatic rings. The first-order valence-corrected chi connectivity index (χ1v) is 8.06. The van der Waals surface area contributed by atoms with Crippen LogP contribution in [0.25, 0.3) is 0 Å². The number of benzene rings is 1. The molecule has 21 heavy (non-hydrogen) atoms. The molecular weight excluding hydrogens is 355 g/mol. The van der Waals surface area contributed by atoms with E-state index in [1.807, 2.05) is 12.1 Å². The molecule has 1 N–H and O–H groups in total. The minimum Gasteiger partial charge on any atom is -0.310 e. The lowest BCUT2D eigenvalue weighted by Gasteiger charge is -2.20. The standard InChI is InChI=1S/C16H17BrClFN2/c1-2-7-21-14(10-11-5-8-20-9-6-11)12-3-4-13(17)15(18)16(12)19/h3-6,8-9,14,21H,2,7,10H2,1H3. The molecule has 2 nitrogen and oxygen atoms in total. The highest BCUT2D eigenvalue weighted by molar-refractivity contribution is 9.10. The van der Waals surface area contributed by atoms with Crippen LogP contribution < -0.4 is 5.32 Å². The van der Waals surface area contributed by atoms with Gasteiger partial charge < -0.3 is 5.32 Å². The Morgan fingerprint density at radius 2 is 2.00 bits per heavy atom. The number of pyridine rings is 1. The summed E-state index contributed by atoms with van der Waals surface area (Å²) in [6.07, 6.45) is 5.17. The van der Waals surface area contributed by atoms with Gasteiger partial charge in [-0.1, -0.05) is 24.6 Å². The van der Waals surface area contributed by atoms with Crippen LogP contribution in [0.2, 0.25) is 5.02 Å². The zero-order valence-electron chi connectivity index (χ0n) is 11.7. The van der Waals surface area contributed by atoms with E-state index >= 15 is 0 Å². The Morgan fingerprint density at radius 3 is 2.67 bits per heavy atom. The highest BCUT2D eigenvalue weighted by Gasteiger charge is 2.19. The molecule has 1 atom stereocenters. The zero-order valence-corrected chi connectivity index (χ0v) is 14.1. The van der Waals surface area contributed by atoms with Gasteiger partial charge >= 0.3 is 0 Å². The summed E-state index contributed by atoms with van der Waals surface area (Å²) < 4.78 is 15.0. The van der Waals surface area contributed by atoms with Gasteiger partial charge in [-0.25, -0.2) is 4.39 Å². The lowest BCUT2D eigenvalue weighted by atomic mass is 9.99. The second-order valence-corrected chi connectivity index (χ2v) is 6.06. The van der Waals surface area contributed by atoms with E-state index < -0.39 is 0 Å². The summed E-state index contributed by atoms with van der Waals surface area (Å²) in [6.45, 7) is 2.91. The lowest BCUT2D eigenvalue weighted by molar-refractivity contribution is 0.497. The third-order valence-electron chi connectivity index (χ3n) is 3.27. The van der Waals surface area contributed by atoms with E-state index in [0.29, 0.717) is 16.5 Å². The van der Waals surface area contributed by atoms with Gasteiger partial charge in [0, 0.05) is 28.5 Å². The van der Waals surface area contributed by atoms with Crippen molar-refractivity contribution in [2.75, 3.05) is 6.54 Å². The summed E-state index contributed by atoms with van der Waals surface area (Å²) in [4.78, 5) is 4.01. The molecule has 0 amide bonds. The minimum atomic E-state index is -0.367. The van der Waals surface area contributed by atoms with Crippen molar-refractivity contribution in [3.8, 4) is 0 Å². The van der Waals surface area contributed by atoms with E-state index in [-0.39, 0.29) is 16.9 Å². The van der Waals surface area contributed by atoms with Crippen molar-refractivity contribution < 1.29 is 4.39 Å². The lowest BCUT2D eigenvalue weighted by Crippen LogP contribution is -2.25. The molecular formula is C16H17BrClFN2. The highest BCUT2D eigenvalue weighted by atomic mass is 79.9. The third-order valence-corrected chi connectivity index (χ3v) is 4.53. The molecule has 0 bridgehead atoms. The molecule has 0 fully saturated rings. The van der Waals surface area contributed by atoms with Crippen LogP contribution in [0.3, 0.4) is 0 Å². The van der Waals surface area contributed by atoms with E-state index in [4.69, 9.17) is 11.6 Å². The van der Waals surface area contributed by atoms with Gasteiger partial charge in [-0.15, -0.1) is 0 Å². The Morgan fingerprint density at radius 1 is 1.29 bits per heavy atom. The Balaban J connectivity index is 2.29. The predicted octanol–water partition coefficient (Wildman–Crippen LogP) is 4.92. The van der Waals surface area contributed by atoms with Gasteiger partial charge in [0.2, 0.25) is 0 Å². The van der Waals surface area contributed by atoms with Gasteiger partial charge in [-0.2, -0.15) is 0 Å². The Labute approximate surface area is 137 Å². The summed E-state index contributed by atoms with van der Waals surface area (Å²) in [5.41, 5.74) is 1.70. The van der Waals surface area contributed by atoms with E-state index in [2.05, 4.69) is 33.2 Å². The molecule has 1 aromatic heterocycles. The van der Waals surface area contributed by atoms with Crippen LogP contribution in [0.4, 0.5) is 4.39 Å². The first-order chi connectivity index (χ1) is 10.1. The molecule has 5 heteroatoms. The van der Waals surface area contributed by atoms with E-state index in [1.54, 1.807) is 24.5 Å². The van der Waals surface area contributed by atoms with Gasteiger partial charge in [-0.05, 0) is 59.1 Å². The fourth-order valence-corrected chi connectivity index (χ4v) is 2.65. The Hall–Kier alpha value is -0.970. The van der Waals surface area contributed by atoms with Gasteiger partial charge in [-0.3, -0.25) is 4.98 Å². The van der Waals surface area contributed by atoms with Gasteiger partial charge in [0.05, 0.1) is 5.02 Å². The van der Waals surface area contributed by atoms with Crippen LogP contribution in [0.1, 0.15) is 30.5 Å². The summed E-state index contributed by atoms with van der Waals surface area (Å²) in [5.74, 6) is -0.367. The minimum absolute atomic E-state index is 0.113. The van der Waals surface area contributed by atoms with Crippen LogP contribution >= 0.6 is 27.5 Å². The summed E-state index contributed by atoms with van der Waals surface area (Å²) in [5, 5.41) is 3.52. The van der Waals surface area contributed by atoms with Crippen molar-refractivity contribution in [3.05, 3.63) is 63.1 Å². The Bertz CT molecular complexity index is 592. The molecule has 112 valence electrons. The largest absolute Gasteiger partial charge is 0.310 e. The third kappa shape index (κ3) is 4.25.